The first kappa shape index (κ1) is 49.8. The molecule has 0 unspecified atom stereocenters. The number of rotatable bonds is 32. The van der Waals surface area contributed by atoms with Gasteiger partial charge in [-0.05, 0) is 19.3 Å². The highest BCUT2D eigenvalue weighted by atomic mass is 16.7. The van der Waals surface area contributed by atoms with Crippen LogP contribution in [-0.4, -0.2) is 199 Å². The minimum absolute atomic E-state index is 0.0135. The van der Waals surface area contributed by atoms with Gasteiger partial charge in [0.15, 0.2) is 0 Å². The summed E-state index contributed by atoms with van der Waals surface area (Å²) < 4.78 is 45.0. The summed E-state index contributed by atoms with van der Waals surface area (Å²) in [6.45, 7) is -1.57. The molecule has 4 aliphatic heterocycles. The third-order valence-corrected chi connectivity index (χ3v) is 8.93. The van der Waals surface area contributed by atoms with Gasteiger partial charge in [0.25, 0.3) is 29.5 Å². The third-order valence-electron chi connectivity index (χ3n) is 8.93. The highest BCUT2D eigenvalue weighted by molar-refractivity contribution is 6.01. The molecular weight excluding hydrogens is 836 g/mol. The summed E-state index contributed by atoms with van der Waals surface area (Å²) in [5.41, 5.74) is -1.06. The Labute approximate surface area is 356 Å². The van der Waals surface area contributed by atoms with Crippen molar-refractivity contribution in [2.45, 2.75) is 51.4 Å². The van der Waals surface area contributed by atoms with Gasteiger partial charge >= 0.3 is 23.9 Å². The van der Waals surface area contributed by atoms with Gasteiger partial charge in [0.2, 0.25) is 0 Å². The van der Waals surface area contributed by atoms with E-state index in [-0.39, 0.29) is 110 Å². The molecule has 0 aromatic carbocycles. The summed E-state index contributed by atoms with van der Waals surface area (Å²) in [4.78, 5) is 127. The summed E-state index contributed by atoms with van der Waals surface area (Å²) in [5, 5.41) is 3.39. The highest BCUT2D eigenvalue weighted by Gasteiger charge is 2.34. The number of hydrogen-bond acceptors (Lipinski definition) is 21. The number of hydrogen-bond donors (Lipinski definition) is 0. The fraction of sp³-hybridized carbons (Fsp3) is 0.757. The number of imide groups is 1. The maximum Gasteiger partial charge on any atom is 0.358 e. The lowest BCUT2D eigenvalue weighted by atomic mass is 9.92. The topological polar surface area (TPSA) is 277 Å². The van der Waals surface area contributed by atoms with E-state index in [4.69, 9.17) is 57.2 Å². The van der Waals surface area contributed by atoms with Crippen LogP contribution in [0.4, 0.5) is 0 Å². The van der Waals surface area contributed by atoms with Crippen LogP contribution in [0.5, 0.6) is 0 Å². The summed E-state index contributed by atoms with van der Waals surface area (Å²) in [6.07, 6.45) is 2.51. The molecule has 4 rings (SSSR count). The van der Waals surface area contributed by atoms with Crippen LogP contribution in [0.2, 0.25) is 0 Å². The molecule has 4 saturated heterocycles. The first-order valence-corrected chi connectivity index (χ1v) is 20.2. The molecule has 4 aliphatic rings. The minimum atomic E-state index is -1.06. The smallest absolute Gasteiger partial charge is 0.358 e. The molecule has 0 aliphatic carbocycles. The number of hydroxylamine groups is 8. The van der Waals surface area contributed by atoms with Crippen molar-refractivity contribution in [3.05, 3.63) is 0 Å². The summed E-state index contributed by atoms with van der Waals surface area (Å²) in [7, 11) is 0. The average molecular weight is 891 g/mol. The van der Waals surface area contributed by atoms with Crippen LogP contribution < -0.4 is 0 Å². The Kier molecular flexibility index (Phi) is 21.9. The van der Waals surface area contributed by atoms with Crippen LogP contribution >= 0.6 is 0 Å². The molecule has 25 heteroatoms. The Morgan fingerprint density at radius 1 is 0.371 bits per heavy atom. The van der Waals surface area contributed by atoms with Gasteiger partial charge in [0.1, 0.15) is 26.4 Å². The van der Waals surface area contributed by atoms with Crippen LogP contribution in [0.3, 0.4) is 0 Å². The molecule has 4 heterocycles. The molecule has 0 radical (unpaired) electrons. The van der Waals surface area contributed by atoms with Gasteiger partial charge in [-0.25, -0.2) is 19.2 Å². The molecule has 0 spiro atoms. The van der Waals surface area contributed by atoms with E-state index in [9.17, 15) is 43.2 Å². The Morgan fingerprint density at radius 3 is 0.919 bits per heavy atom. The molecule has 0 bridgehead atoms. The monoisotopic (exact) mass is 890 g/mol. The molecule has 25 nitrogen and oxygen atoms in total. The van der Waals surface area contributed by atoms with Crippen molar-refractivity contribution >= 4 is 53.4 Å². The van der Waals surface area contributed by atoms with Crippen LogP contribution in [-0.2, 0) is 100 Å². The fourth-order valence-corrected chi connectivity index (χ4v) is 5.89. The van der Waals surface area contributed by atoms with Gasteiger partial charge in [-0.2, -0.15) is 15.2 Å². The van der Waals surface area contributed by atoms with Crippen LogP contribution in [0.25, 0.3) is 0 Å². The number of carbonyl (C=O) groups excluding carboxylic acids is 9. The molecule has 0 aromatic heterocycles. The Hall–Kier alpha value is -4.89. The van der Waals surface area contributed by atoms with Gasteiger partial charge in [0.05, 0.1) is 104 Å². The summed E-state index contributed by atoms with van der Waals surface area (Å²) >= 11 is 0. The van der Waals surface area contributed by atoms with E-state index < -0.39 is 67.5 Å². The third kappa shape index (κ3) is 18.2. The average Bonchev–Trinajstić information content (AvgIpc) is 4.03. The van der Waals surface area contributed by atoms with Crippen molar-refractivity contribution in [3.8, 4) is 0 Å². The number of nitrogens with zero attached hydrogens (tertiary/aromatic N) is 4. The SMILES string of the molecule is O=C(COCCOCC(COCCOCC(=O)ON1CCCC1=O)(COCCOCC(=O)ON1CCCC1=O)COCCOCC(=O)ON1C(=O)CCC1=O)ON1CCCC1=O. The maximum atomic E-state index is 12.1. The largest absolute Gasteiger partial charge is 0.378 e. The van der Waals surface area contributed by atoms with Crippen molar-refractivity contribution in [2.24, 2.45) is 5.41 Å². The van der Waals surface area contributed by atoms with Gasteiger partial charge in [-0.1, -0.05) is 0 Å². The zero-order valence-corrected chi connectivity index (χ0v) is 34.5. The molecule has 0 N–H and O–H groups in total. The maximum absolute atomic E-state index is 12.1. The van der Waals surface area contributed by atoms with Crippen LogP contribution in [0.1, 0.15) is 51.4 Å². The Balaban J connectivity index is 1.26. The Bertz CT molecular complexity index is 1400. The van der Waals surface area contributed by atoms with E-state index in [1.807, 2.05) is 0 Å². The molecule has 0 aromatic rings. The number of carbonyl (C=O) groups is 9. The minimum Gasteiger partial charge on any atom is -0.378 e. The molecule has 0 saturated carbocycles. The normalized spacial score (nSPS) is 16.9. The van der Waals surface area contributed by atoms with Crippen molar-refractivity contribution in [1.29, 1.82) is 0 Å². The van der Waals surface area contributed by atoms with Crippen molar-refractivity contribution < 1.29 is 100 Å². The highest BCUT2D eigenvalue weighted by Crippen LogP contribution is 2.21. The molecule has 0 atom stereocenters. The van der Waals surface area contributed by atoms with Gasteiger partial charge in [-0.3, -0.25) is 24.0 Å². The van der Waals surface area contributed by atoms with Gasteiger partial charge in [0, 0.05) is 32.1 Å². The molecule has 348 valence electrons. The second-order valence-corrected chi connectivity index (χ2v) is 14.2. The number of ether oxygens (including phenoxy) is 8. The second-order valence-electron chi connectivity index (χ2n) is 14.2. The second kappa shape index (κ2) is 27.2. The lowest BCUT2D eigenvalue weighted by molar-refractivity contribution is -0.200. The van der Waals surface area contributed by atoms with E-state index in [0.29, 0.717) is 63.2 Å². The molecule has 4 fully saturated rings. The van der Waals surface area contributed by atoms with Gasteiger partial charge in [-0.15, -0.1) is 5.06 Å². The van der Waals surface area contributed by atoms with E-state index in [1.165, 1.54) is 0 Å². The standard InChI is InChI=1S/C37H54N4O21/c42-28-4-1-9-38(28)59-33(47)20-51-12-16-55-24-37(25-56-17-13-52-21-34(48)60-39-10-2-5-29(39)43,26-57-18-14-53-22-35(49)61-40-11-3-6-30(40)44)27-58-19-15-54-23-36(50)62-41-31(45)7-8-32(41)46/h1-27H2. The first-order chi connectivity index (χ1) is 29.9. The van der Waals surface area contributed by atoms with Gasteiger partial charge < -0.3 is 57.2 Å². The zero-order chi connectivity index (χ0) is 44.6. The molecule has 62 heavy (non-hydrogen) atoms. The van der Waals surface area contributed by atoms with E-state index in [2.05, 4.69) is 0 Å². The number of amides is 5. The fourth-order valence-electron chi connectivity index (χ4n) is 5.89. The zero-order valence-electron chi connectivity index (χ0n) is 34.5. The predicted octanol–water partition coefficient (Wildman–Crippen LogP) is -2.05. The van der Waals surface area contributed by atoms with Crippen LogP contribution in [0.15, 0.2) is 0 Å². The lowest BCUT2D eigenvalue weighted by Crippen LogP contribution is -2.43. The summed E-state index contributed by atoms with van der Waals surface area (Å²) in [5.74, 6) is -5.35. The summed E-state index contributed by atoms with van der Waals surface area (Å²) in [6, 6.07) is 0. The predicted molar refractivity (Wildman–Crippen MR) is 197 cm³/mol. The Morgan fingerprint density at radius 2 is 0.645 bits per heavy atom. The quantitative estimate of drug-likeness (QED) is 0.0519. The van der Waals surface area contributed by atoms with Crippen LogP contribution in [0, 0.1) is 5.41 Å². The molecule has 5 amide bonds. The van der Waals surface area contributed by atoms with Crippen molar-refractivity contribution in [2.75, 3.05) is 125 Å². The lowest BCUT2D eigenvalue weighted by Gasteiger charge is -2.33. The first-order valence-electron chi connectivity index (χ1n) is 20.2. The molecular formula is C37H54N4O21. The van der Waals surface area contributed by atoms with E-state index in [1.54, 1.807) is 0 Å². The van der Waals surface area contributed by atoms with Crippen molar-refractivity contribution in [1.82, 2.24) is 20.3 Å². The van der Waals surface area contributed by atoms with E-state index in [0.717, 1.165) is 15.2 Å². The van der Waals surface area contributed by atoms with E-state index >= 15 is 0 Å². The van der Waals surface area contributed by atoms with Crippen molar-refractivity contribution in [3.63, 3.8) is 0 Å².